The summed E-state index contributed by atoms with van der Waals surface area (Å²) in [5.41, 5.74) is 1.98. The van der Waals surface area contributed by atoms with Crippen molar-refractivity contribution in [1.82, 2.24) is 0 Å². The van der Waals surface area contributed by atoms with E-state index in [0.29, 0.717) is 13.2 Å². The normalized spacial score (nSPS) is 12.0. The molecule has 0 aliphatic carbocycles. The van der Waals surface area contributed by atoms with Gasteiger partial charge in [-0.3, -0.25) is 4.79 Å². The minimum absolute atomic E-state index is 0.191. The minimum atomic E-state index is -0.254. The van der Waals surface area contributed by atoms with Gasteiger partial charge in [-0.1, -0.05) is 12.1 Å². The predicted molar refractivity (Wildman–Crippen MR) is 67.4 cm³/mol. The fourth-order valence-electron chi connectivity index (χ4n) is 1.81. The van der Waals surface area contributed by atoms with Gasteiger partial charge in [-0.25, -0.2) is 0 Å². The number of carbonyl (C=O) groups is 1. The van der Waals surface area contributed by atoms with Gasteiger partial charge in [0, 0.05) is 0 Å². The second-order valence-electron chi connectivity index (χ2n) is 3.88. The van der Waals surface area contributed by atoms with Crippen LogP contribution in [-0.2, 0) is 9.53 Å². The van der Waals surface area contributed by atoms with Crippen molar-refractivity contribution in [2.45, 2.75) is 33.6 Å². The maximum atomic E-state index is 11.7. The molecule has 1 unspecified atom stereocenters. The fraction of sp³-hybridized carbons (Fsp3) is 0.500. The van der Waals surface area contributed by atoms with E-state index in [1.807, 2.05) is 45.9 Å². The first-order valence-electron chi connectivity index (χ1n) is 6.00. The summed E-state index contributed by atoms with van der Waals surface area (Å²) >= 11 is 0. The van der Waals surface area contributed by atoms with Gasteiger partial charge in [-0.05, 0) is 44.9 Å². The average molecular weight is 236 g/mol. The van der Waals surface area contributed by atoms with Gasteiger partial charge in [0.05, 0.1) is 19.1 Å². The van der Waals surface area contributed by atoms with E-state index in [1.54, 1.807) is 0 Å². The van der Waals surface area contributed by atoms with Crippen molar-refractivity contribution in [2.75, 3.05) is 13.2 Å². The van der Waals surface area contributed by atoms with E-state index in [4.69, 9.17) is 9.47 Å². The highest BCUT2D eigenvalue weighted by Crippen LogP contribution is 2.27. The monoisotopic (exact) mass is 236 g/mol. The minimum Gasteiger partial charge on any atom is -0.494 e. The third-order valence-corrected chi connectivity index (χ3v) is 2.73. The Kier molecular flexibility index (Phi) is 5.01. The number of benzene rings is 1. The first-order chi connectivity index (χ1) is 8.11. The van der Waals surface area contributed by atoms with Crippen LogP contribution in [0.4, 0.5) is 0 Å². The van der Waals surface area contributed by atoms with Gasteiger partial charge in [0.25, 0.3) is 0 Å². The SMILES string of the molecule is CCOC(=O)C(C)c1cccc(OCC)c1C. The molecular formula is C14H20O3. The standard InChI is InChI=1S/C14H20O3/c1-5-16-13-9-7-8-12(10(13)3)11(4)14(15)17-6-2/h7-9,11H,5-6H2,1-4H3. The summed E-state index contributed by atoms with van der Waals surface area (Å²) in [6.45, 7) is 8.62. The number of rotatable bonds is 5. The Bertz CT molecular complexity index is 385. The van der Waals surface area contributed by atoms with Crippen LogP contribution in [-0.4, -0.2) is 19.2 Å². The van der Waals surface area contributed by atoms with Gasteiger partial charge in [0.1, 0.15) is 5.75 Å². The van der Waals surface area contributed by atoms with Crippen molar-refractivity contribution < 1.29 is 14.3 Å². The Hall–Kier alpha value is -1.51. The fourth-order valence-corrected chi connectivity index (χ4v) is 1.81. The van der Waals surface area contributed by atoms with E-state index in [-0.39, 0.29) is 11.9 Å². The molecule has 0 heterocycles. The largest absolute Gasteiger partial charge is 0.494 e. The van der Waals surface area contributed by atoms with E-state index in [0.717, 1.165) is 16.9 Å². The van der Waals surface area contributed by atoms with Gasteiger partial charge < -0.3 is 9.47 Å². The molecule has 1 atom stereocenters. The number of ether oxygens (including phenoxy) is 2. The Morgan fingerprint density at radius 3 is 2.59 bits per heavy atom. The highest BCUT2D eigenvalue weighted by atomic mass is 16.5. The van der Waals surface area contributed by atoms with Gasteiger partial charge >= 0.3 is 5.97 Å². The molecule has 0 aliphatic heterocycles. The zero-order valence-electron chi connectivity index (χ0n) is 10.9. The molecular weight excluding hydrogens is 216 g/mol. The highest BCUT2D eigenvalue weighted by Gasteiger charge is 2.19. The topological polar surface area (TPSA) is 35.5 Å². The lowest BCUT2D eigenvalue weighted by Crippen LogP contribution is -2.14. The number of hydrogen-bond donors (Lipinski definition) is 0. The van der Waals surface area contributed by atoms with Crippen LogP contribution in [0, 0.1) is 6.92 Å². The molecule has 3 nitrogen and oxygen atoms in total. The lowest BCUT2D eigenvalue weighted by Gasteiger charge is -2.16. The maximum absolute atomic E-state index is 11.7. The van der Waals surface area contributed by atoms with Gasteiger partial charge in [0.2, 0.25) is 0 Å². The highest BCUT2D eigenvalue weighted by molar-refractivity contribution is 5.78. The predicted octanol–water partition coefficient (Wildman–Crippen LogP) is 3.06. The van der Waals surface area contributed by atoms with Crippen molar-refractivity contribution in [1.29, 1.82) is 0 Å². The summed E-state index contributed by atoms with van der Waals surface area (Å²) in [4.78, 5) is 11.7. The summed E-state index contributed by atoms with van der Waals surface area (Å²) in [6.07, 6.45) is 0. The molecule has 94 valence electrons. The molecule has 0 amide bonds. The third-order valence-electron chi connectivity index (χ3n) is 2.73. The van der Waals surface area contributed by atoms with Crippen LogP contribution in [0.25, 0.3) is 0 Å². The zero-order chi connectivity index (χ0) is 12.8. The number of carbonyl (C=O) groups excluding carboxylic acids is 1. The molecule has 1 aromatic carbocycles. The molecule has 1 rings (SSSR count). The van der Waals surface area contributed by atoms with Crippen molar-refractivity contribution in [3.63, 3.8) is 0 Å². The quantitative estimate of drug-likeness (QED) is 0.737. The van der Waals surface area contributed by atoms with Crippen molar-refractivity contribution in [2.24, 2.45) is 0 Å². The van der Waals surface area contributed by atoms with Crippen molar-refractivity contribution in [3.05, 3.63) is 29.3 Å². The van der Waals surface area contributed by atoms with Crippen LogP contribution in [0.15, 0.2) is 18.2 Å². The molecule has 3 heteroatoms. The first-order valence-corrected chi connectivity index (χ1v) is 6.00. The summed E-state index contributed by atoms with van der Waals surface area (Å²) in [7, 11) is 0. The summed E-state index contributed by atoms with van der Waals surface area (Å²) in [6, 6.07) is 5.77. The number of hydrogen-bond acceptors (Lipinski definition) is 3. The molecule has 17 heavy (non-hydrogen) atoms. The van der Waals surface area contributed by atoms with E-state index >= 15 is 0 Å². The van der Waals surface area contributed by atoms with Crippen LogP contribution in [0.5, 0.6) is 5.75 Å². The first kappa shape index (κ1) is 13.6. The van der Waals surface area contributed by atoms with Crippen LogP contribution in [0.2, 0.25) is 0 Å². The summed E-state index contributed by atoms with van der Waals surface area (Å²) < 4.78 is 10.5. The molecule has 0 fully saturated rings. The van der Waals surface area contributed by atoms with Crippen LogP contribution in [0.1, 0.15) is 37.8 Å². The van der Waals surface area contributed by atoms with Crippen LogP contribution >= 0.6 is 0 Å². The molecule has 0 saturated heterocycles. The van der Waals surface area contributed by atoms with Gasteiger partial charge in [-0.2, -0.15) is 0 Å². The lowest BCUT2D eigenvalue weighted by atomic mass is 9.96. The second-order valence-corrected chi connectivity index (χ2v) is 3.88. The van der Waals surface area contributed by atoms with Crippen molar-refractivity contribution >= 4 is 5.97 Å². The molecule has 0 aliphatic rings. The zero-order valence-corrected chi connectivity index (χ0v) is 10.9. The van der Waals surface area contributed by atoms with E-state index in [1.165, 1.54) is 0 Å². The number of esters is 1. The van der Waals surface area contributed by atoms with Gasteiger partial charge in [-0.15, -0.1) is 0 Å². The second kappa shape index (κ2) is 6.28. The molecule has 0 spiro atoms. The van der Waals surface area contributed by atoms with E-state index in [2.05, 4.69) is 0 Å². The molecule has 0 N–H and O–H groups in total. The Balaban J connectivity index is 2.97. The lowest BCUT2D eigenvalue weighted by molar-refractivity contribution is -0.144. The molecule has 0 bridgehead atoms. The smallest absolute Gasteiger partial charge is 0.313 e. The summed E-state index contributed by atoms with van der Waals surface area (Å²) in [5, 5.41) is 0. The van der Waals surface area contributed by atoms with Crippen LogP contribution in [0.3, 0.4) is 0 Å². The van der Waals surface area contributed by atoms with Crippen molar-refractivity contribution in [3.8, 4) is 5.75 Å². The van der Waals surface area contributed by atoms with Gasteiger partial charge in [0.15, 0.2) is 0 Å². The van der Waals surface area contributed by atoms with E-state index in [9.17, 15) is 4.79 Å². The molecule has 0 radical (unpaired) electrons. The average Bonchev–Trinajstić information content (AvgIpc) is 2.31. The van der Waals surface area contributed by atoms with Crippen LogP contribution < -0.4 is 4.74 Å². The maximum Gasteiger partial charge on any atom is 0.313 e. The Morgan fingerprint density at radius 1 is 1.29 bits per heavy atom. The molecule has 0 aromatic heterocycles. The molecule has 1 aromatic rings. The Labute approximate surface area is 103 Å². The Morgan fingerprint density at radius 2 is 2.00 bits per heavy atom. The third kappa shape index (κ3) is 3.22. The summed E-state index contributed by atoms with van der Waals surface area (Å²) in [5.74, 6) is 0.390. The van der Waals surface area contributed by atoms with E-state index < -0.39 is 0 Å². The molecule has 0 saturated carbocycles.